The van der Waals surface area contributed by atoms with Crippen LogP contribution < -0.4 is 5.32 Å². The number of rotatable bonds is 4. The first-order chi connectivity index (χ1) is 7.38. The van der Waals surface area contributed by atoms with Crippen molar-refractivity contribution in [2.24, 2.45) is 0 Å². The zero-order chi connectivity index (χ0) is 10.5. The molecule has 2 heterocycles. The van der Waals surface area contributed by atoms with Crippen LogP contribution in [0.4, 0.5) is 5.82 Å². The van der Waals surface area contributed by atoms with Crippen LogP contribution >= 0.6 is 0 Å². The Morgan fingerprint density at radius 2 is 2.47 bits per heavy atom. The van der Waals surface area contributed by atoms with E-state index in [1.165, 1.54) is 0 Å². The molecular weight excluding hydrogens is 194 g/mol. The van der Waals surface area contributed by atoms with E-state index in [0.717, 1.165) is 24.5 Å². The number of ether oxygens (including phenoxy) is 2. The molecule has 0 bridgehead atoms. The monoisotopic (exact) mass is 209 g/mol. The van der Waals surface area contributed by atoms with Gasteiger partial charge in [0.05, 0.1) is 37.4 Å². The van der Waals surface area contributed by atoms with E-state index < -0.39 is 0 Å². The molecule has 1 saturated heterocycles. The molecule has 0 spiro atoms. The Labute approximate surface area is 88.8 Å². The third-order valence-corrected chi connectivity index (χ3v) is 2.32. The fraction of sp³-hybridized carbons (Fsp3) is 0.600. The van der Waals surface area contributed by atoms with E-state index in [4.69, 9.17) is 9.47 Å². The lowest BCUT2D eigenvalue weighted by Crippen LogP contribution is -2.12. The third-order valence-electron chi connectivity index (χ3n) is 2.32. The second-order valence-electron chi connectivity index (χ2n) is 3.44. The summed E-state index contributed by atoms with van der Waals surface area (Å²) in [6.07, 6.45) is 4.61. The summed E-state index contributed by atoms with van der Waals surface area (Å²) in [4.78, 5) is 8.38. The third kappa shape index (κ3) is 2.87. The number of hydrogen-bond acceptors (Lipinski definition) is 5. The van der Waals surface area contributed by atoms with Gasteiger partial charge in [0.15, 0.2) is 0 Å². The van der Waals surface area contributed by atoms with Crippen LogP contribution in [0, 0.1) is 0 Å². The van der Waals surface area contributed by atoms with Crippen molar-refractivity contribution in [3.63, 3.8) is 0 Å². The molecule has 2 rings (SSSR count). The van der Waals surface area contributed by atoms with E-state index in [1.54, 1.807) is 12.4 Å². The summed E-state index contributed by atoms with van der Waals surface area (Å²) in [6.45, 7) is 2.00. The van der Waals surface area contributed by atoms with E-state index in [2.05, 4.69) is 15.3 Å². The van der Waals surface area contributed by atoms with Crippen LogP contribution in [0.2, 0.25) is 0 Å². The van der Waals surface area contributed by atoms with Crippen LogP contribution in [0.25, 0.3) is 0 Å². The molecule has 0 aliphatic carbocycles. The van der Waals surface area contributed by atoms with Gasteiger partial charge in [0, 0.05) is 13.7 Å². The van der Waals surface area contributed by atoms with Crippen LogP contribution in [0.5, 0.6) is 0 Å². The smallest absolute Gasteiger partial charge is 0.144 e. The molecule has 1 aliphatic heterocycles. The molecule has 1 unspecified atom stereocenters. The zero-order valence-corrected chi connectivity index (χ0v) is 8.77. The molecule has 1 aromatic rings. The summed E-state index contributed by atoms with van der Waals surface area (Å²) in [7, 11) is 1.82. The van der Waals surface area contributed by atoms with Crippen LogP contribution in [0.1, 0.15) is 12.1 Å². The summed E-state index contributed by atoms with van der Waals surface area (Å²) in [6, 6.07) is 0. The maximum atomic E-state index is 5.61. The molecule has 15 heavy (non-hydrogen) atoms. The highest BCUT2D eigenvalue weighted by molar-refractivity contribution is 5.29. The van der Waals surface area contributed by atoms with Gasteiger partial charge in [0.2, 0.25) is 0 Å². The Balaban J connectivity index is 1.82. The maximum absolute atomic E-state index is 5.61. The number of anilines is 1. The van der Waals surface area contributed by atoms with E-state index in [9.17, 15) is 0 Å². The summed E-state index contributed by atoms with van der Waals surface area (Å²) in [5.41, 5.74) is 0.848. The first kappa shape index (κ1) is 10.3. The van der Waals surface area contributed by atoms with Gasteiger partial charge in [-0.1, -0.05) is 0 Å². The van der Waals surface area contributed by atoms with Crippen molar-refractivity contribution in [3.8, 4) is 0 Å². The molecule has 1 aliphatic rings. The normalized spacial score (nSPS) is 20.5. The molecule has 1 atom stereocenters. The van der Waals surface area contributed by atoms with Gasteiger partial charge in [-0.15, -0.1) is 0 Å². The molecule has 5 heteroatoms. The number of nitrogens with zero attached hydrogens (tertiary/aromatic N) is 2. The first-order valence-corrected chi connectivity index (χ1v) is 5.06. The fourth-order valence-electron chi connectivity index (χ4n) is 1.41. The first-order valence-electron chi connectivity index (χ1n) is 5.06. The highest BCUT2D eigenvalue weighted by Crippen LogP contribution is 2.10. The van der Waals surface area contributed by atoms with Crippen LogP contribution in [-0.4, -0.2) is 36.3 Å². The van der Waals surface area contributed by atoms with E-state index in [1.807, 2.05) is 7.05 Å². The van der Waals surface area contributed by atoms with Gasteiger partial charge in [-0.05, 0) is 6.42 Å². The van der Waals surface area contributed by atoms with Crippen molar-refractivity contribution < 1.29 is 9.47 Å². The van der Waals surface area contributed by atoms with Gasteiger partial charge in [-0.2, -0.15) is 0 Å². The van der Waals surface area contributed by atoms with Crippen LogP contribution in [0.15, 0.2) is 12.4 Å². The van der Waals surface area contributed by atoms with Crippen molar-refractivity contribution >= 4 is 5.82 Å². The minimum absolute atomic E-state index is 0.218. The predicted octanol–water partition coefficient (Wildman–Crippen LogP) is 0.824. The average Bonchev–Trinajstić information content (AvgIpc) is 2.80. The molecule has 0 radical (unpaired) electrons. The number of nitrogens with one attached hydrogen (secondary N) is 1. The Hall–Kier alpha value is -1.20. The minimum atomic E-state index is 0.218. The van der Waals surface area contributed by atoms with Crippen LogP contribution in [0.3, 0.4) is 0 Å². The molecular formula is C10H15N3O2. The van der Waals surface area contributed by atoms with Gasteiger partial charge in [-0.25, -0.2) is 4.98 Å². The SMILES string of the molecule is CNc1cnc(COC2CCOC2)cn1. The van der Waals surface area contributed by atoms with E-state index in [-0.39, 0.29) is 6.10 Å². The zero-order valence-electron chi connectivity index (χ0n) is 8.77. The quantitative estimate of drug-likeness (QED) is 0.795. The molecule has 1 aromatic heterocycles. The second kappa shape index (κ2) is 5.04. The lowest BCUT2D eigenvalue weighted by atomic mass is 10.3. The Kier molecular flexibility index (Phi) is 3.47. The predicted molar refractivity (Wildman–Crippen MR) is 55.6 cm³/mol. The summed E-state index contributed by atoms with van der Waals surface area (Å²) >= 11 is 0. The van der Waals surface area contributed by atoms with Gasteiger partial charge in [0.1, 0.15) is 5.82 Å². The summed E-state index contributed by atoms with van der Waals surface area (Å²) < 4.78 is 10.8. The standard InChI is InChI=1S/C10H15N3O2/c1-11-10-5-12-8(4-13-10)6-15-9-2-3-14-7-9/h4-5,9H,2-3,6-7H2,1H3,(H,11,13). The summed E-state index contributed by atoms with van der Waals surface area (Å²) in [5.74, 6) is 0.767. The van der Waals surface area contributed by atoms with Gasteiger partial charge in [0.25, 0.3) is 0 Å². The van der Waals surface area contributed by atoms with Gasteiger partial charge in [-0.3, -0.25) is 4.98 Å². The Bertz CT molecular complexity index is 296. The number of aromatic nitrogens is 2. The molecule has 5 nitrogen and oxygen atoms in total. The highest BCUT2D eigenvalue weighted by Gasteiger charge is 2.15. The van der Waals surface area contributed by atoms with Crippen molar-refractivity contribution in [3.05, 3.63) is 18.1 Å². The molecule has 0 aromatic carbocycles. The summed E-state index contributed by atoms with van der Waals surface area (Å²) in [5, 5.41) is 2.92. The maximum Gasteiger partial charge on any atom is 0.144 e. The Morgan fingerprint density at radius 1 is 1.53 bits per heavy atom. The van der Waals surface area contributed by atoms with E-state index >= 15 is 0 Å². The van der Waals surface area contributed by atoms with Crippen molar-refractivity contribution in [2.75, 3.05) is 25.6 Å². The molecule has 1 N–H and O–H groups in total. The topological polar surface area (TPSA) is 56.3 Å². The molecule has 0 saturated carbocycles. The lowest BCUT2D eigenvalue weighted by molar-refractivity contribution is 0.0300. The number of hydrogen-bond donors (Lipinski definition) is 1. The lowest BCUT2D eigenvalue weighted by Gasteiger charge is -2.08. The Morgan fingerprint density at radius 3 is 3.07 bits per heavy atom. The van der Waals surface area contributed by atoms with Gasteiger partial charge < -0.3 is 14.8 Å². The van der Waals surface area contributed by atoms with E-state index in [0.29, 0.717) is 13.2 Å². The minimum Gasteiger partial charge on any atom is -0.379 e. The molecule has 1 fully saturated rings. The van der Waals surface area contributed by atoms with Crippen molar-refractivity contribution in [2.45, 2.75) is 19.1 Å². The average molecular weight is 209 g/mol. The van der Waals surface area contributed by atoms with Crippen molar-refractivity contribution in [1.29, 1.82) is 0 Å². The highest BCUT2D eigenvalue weighted by atomic mass is 16.5. The van der Waals surface area contributed by atoms with Crippen molar-refractivity contribution in [1.82, 2.24) is 9.97 Å². The molecule has 82 valence electrons. The second-order valence-corrected chi connectivity index (χ2v) is 3.44. The van der Waals surface area contributed by atoms with Crippen LogP contribution in [-0.2, 0) is 16.1 Å². The fourth-order valence-corrected chi connectivity index (χ4v) is 1.41. The van der Waals surface area contributed by atoms with Gasteiger partial charge >= 0.3 is 0 Å². The molecule has 0 amide bonds. The largest absolute Gasteiger partial charge is 0.379 e.